The lowest BCUT2D eigenvalue weighted by atomic mass is 10.1. The molecule has 0 radical (unpaired) electrons. The van der Waals surface area contributed by atoms with Crippen LogP contribution >= 0.6 is 11.8 Å². The largest absolute Gasteiger partial charge is 0.496 e. The first-order valence-electron chi connectivity index (χ1n) is 9.06. The Bertz CT molecular complexity index is 1000. The van der Waals surface area contributed by atoms with Gasteiger partial charge in [0.1, 0.15) is 5.75 Å². The number of aromatic nitrogens is 5. The van der Waals surface area contributed by atoms with E-state index >= 15 is 0 Å². The summed E-state index contributed by atoms with van der Waals surface area (Å²) in [5, 5.41) is 3.14. The van der Waals surface area contributed by atoms with E-state index < -0.39 is 0 Å². The molecule has 3 rings (SSSR count). The SMILES string of the molecule is COc1cc(OC)c(Cc2cnc(NCCSCc3nc[nH]c3C)[nH]c2=O)cn1. The maximum Gasteiger partial charge on any atom is 0.255 e. The number of rotatable bonds is 10. The van der Waals surface area contributed by atoms with Crippen molar-refractivity contribution >= 4 is 17.7 Å². The first-order valence-corrected chi connectivity index (χ1v) is 10.2. The van der Waals surface area contributed by atoms with Crippen LogP contribution in [0.2, 0.25) is 0 Å². The fourth-order valence-electron chi connectivity index (χ4n) is 2.67. The van der Waals surface area contributed by atoms with E-state index in [0.29, 0.717) is 36.1 Å². The van der Waals surface area contributed by atoms with Gasteiger partial charge in [0.2, 0.25) is 11.8 Å². The predicted molar refractivity (Wildman–Crippen MR) is 113 cm³/mol. The molecule has 3 heterocycles. The third-order valence-electron chi connectivity index (χ3n) is 4.31. The van der Waals surface area contributed by atoms with Gasteiger partial charge in [0.25, 0.3) is 5.56 Å². The van der Waals surface area contributed by atoms with E-state index in [-0.39, 0.29) is 5.56 Å². The topological polar surface area (TPSA) is 118 Å². The highest BCUT2D eigenvalue weighted by Crippen LogP contribution is 2.23. The number of aromatic amines is 2. The number of H-pyrrole nitrogens is 2. The number of aryl methyl sites for hydroxylation is 1. The Morgan fingerprint density at radius 3 is 2.66 bits per heavy atom. The molecular formula is C19H24N6O3S. The molecule has 0 unspecified atom stereocenters. The highest BCUT2D eigenvalue weighted by Gasteiger charge is 2.10. The Morgan fingerprint density at radius 2 is 1.97 bits per heavy atom. The molecule has 154 valence electrons. The summed E-state index contributed by atoms with van der Waals surface area (Å²) in [6.45, 7) is 2.70. The summed E-state index contributed by atoms with van der Waals surface area (Å²) >= 11 is 1.76. The Labute approximate surface area is 172 Å². The van der Waals surface area contributed by atoms with Gasteiger partial charge >= 0.3 is 0 Å². The molecule has 0 aliphatic heterocycles. The molecule has 10 heteroatoms. The van der Waals surface area contributed by atoms with Crippen molar-refractivity contribution in [1.82, 2.24) is 24.9 Å². The normalized spacial score (nSPS) is 10.7. The minimum atomic E-state index is -0.194. The van der Waals surface area contributed by atoms with Crippen molar-refractivity contribution in [3.05, 3.63) is 57.7 Å². The fourth-order valence-corrected chi connectivity index (χ4v) is 3.54. The van der Waals surface area contributed by atoms with Crippen molar-refractivity contribution in [2.45, 2.75) is 19.1 Å². The second-order valence-corrected chi connectivity index (χ2v) is 7.36. The Kier molecular flexibility index (Phi) is 7.12. The van der Waals surface area contributed by atoms with Crippen molar-refractivity contribution < 1.29 is 9.47 Å². The van der Waals surface area contributed by atoms with Gasteiger partial charge in [0.15, 0.2) is 0 Å². The third-order valence-corrected chi connectivity index (χ3v) is 5.28. The summed E-state index contributed by atoms with van der Waals surface area (Å²) in [5.74, 6) is 3.24. The smallest absolute Gasteiger partial charge is 0.255 e. The average molecular weight is 417 g/mol. The molecule has 0 bridgehead atoms. The number of hydrogen-bond donors (Lipinski definition) is 3. The third kappa shape index (κ3) is 5.50. The summed E-state index contributed by atoms with van der Waals surface area (Å²) in [5.41, 5.74) is 3.28. The van der Waals surface area contributed by atoms with Gasteiger partial charge in [0, 0.05) is 59.8 Å². The molecule has 0 aromatic carbocycles. The molecule has 3 aromatic rings. The minimum Gasteiger partial charge on any atom is -0.496 e. The van der Waals surface area contributed by atoms with Crippen LogP contribution in [0.15, 0.2) is 29.6 Å². The average Bonchev–Trinajstić information content (AvgIpc) is 3.14. The molecule has 9 nitrogen and oxygen atoms in total. The summed E-state index contributed by atoms with van der Waals surface area (Å²) in [4.78, 5) is 31.0. The van der Waals surface area contributed by atoms with Crippen LogP contribution in [0, 0.1) is 6.92 Å². The van der Waals surface area contributed by atoms with Gasteiger partial charge in [-0.1, -0.05) is 0 Å². The number of hydrogen-bond acceptors (Lipinski definition) is 8. The minimum absolute atomic E-state index is 0.194. The number of nitrogens with one attached hydrogen (secondary N) is 3. The number of imidazole rings is 1. The van der Waals surface area contributed by atoms with Gasteiger partial charge in [-0.05, 0) is 6.92 Å². The molecule has 0 atom stereocenters. The van der Waals surface area contributed by atoms with E-state index in [0.717, 1.165) is 28.5 Å². The van der Waals surface area contributed by atoms with Crippen LogP contribution in [-0.2, 0) is 12.2 Å². The maximum absolute atomic E-state index is 12.4. The molecule has 0 fully saturated rings. The van der Waals surface area contributed by atoms with E-state index in [2.05, 4.69) is 30.2 Å². The standard InChI is InChI=1S/C19H24N6O3S/c1-12-15(24-11-23-12)10-29-5-4-20-19-22-9-14(18(26)25-19)6-13-8-21-17(28-3)7-16(13)27-2/h7-9,11H,4-6,10H2,1-3H3,(H,23,24)(H2,20,22,25,26). The lowest BCUT2D eigenvalue weighted by Gasteiger charge is -2.10. The van der Waals surface area contributed by atoms with Gasteiger partial charge in [-0.2, -0.15) is 11.8 Å². The number of nitrogens with zero attached hydrogens (tertiary/aromatic N) is 3. The fraction of sp³-hybridized carbons (Fsp3) is 0.368. The summed E-state index contributed by atoms with van der Waals surface area (Å²) in [7, 11) is 3.11. The van der Waals surface area contributed by atoms with Crippen LogP contribution < -0.4 is 20.3 Å². The summed E-state index contributed by atoms with van der Waals surface area (Å²) in [6.07, 6.45) is 5.28. The van der Waals surface area contributed by atoms with Crippen LogP contribution in [0.3, 0.4) is 0 Å². The molecule has 0 saturated heterocycles. The van der Waals surface area contributed by atoms with Gasteiger partial charge < -0.3 is 19.8 Å². The lowest BCUT2D eigenvalue weighted by Crippen LogP contribution is -2.18. The maximum atomic E-state index is 12.4. The molecule has 29 heavy (non-hydrogen) atoms. The first kappa shape index (κ1) is 20.7. The Morgan fingerprint density at radius 1 is 1.14 bits per heavy atom. The van der Waals surface area contributed by atoms with Crippen LogP contribution in [0.25, 0.3) is 0 Å². The van der Waals surface area contributed by atoms with Crippen LogP contribution in [0.5, 0.6) is 11.6 Å². The van der Waals surface area contributed by atoms with Crippen molar-refractivity contribution in [3.63, 3.8) is 0 Å². The Hall–Kier alpha value is -3.01. The van der Waals surface area contributed by atoms with Crippen molar-refractivity contribution in [2.24, 2.45) is 0 Å². The van der Waals surface area contributed by atoms with E-state index in [1.165, 1.54) is 0 Å². The molecule has 3 N–H and O–H groups in total. The van der Waals surface area contributed by atoms with Crippen molar-refractivity contribution in [3.8, 4) is 11.6 Å². The second-order valence-electron chi connectivity index (χ2n) is 6.26. The first-order chi connectivity index (χ1) is 14.1. The van der Waals surface area contributed by atoms with E-state index in [1.54, 1.807) is 50.8 Å². The lowest BCUT2D eigenvalue weighted by molar-refractivity contribution is 0.380. The summed E-state index contributed by atoms with van der Waals surface area (Å²) < 4.78 is 10.5. The molecule has 0 amide bonds. The number of anilines is 1. The molecular weight excluding hydrogens is 392 g/mol. The van der Waals surface area contributed by atoms with Gasteiger partial charge in [-0.3, -0.25) is 9.78 Å². The van der Waals surface area contributed by atoms with E-state index in [1.807, 2.05) is 6.92 Å². The molecule has 0 aliphatic carbocycles. The molecule has 3 aromatic heterocycles. The predicted octanol–water partition coefficient (Wildman–Crippen LogP) is 2.15. The second kappa shape index (κ2) is 9.97. The zero-order valence-corrected chi connectivity index (χ0v) is 17.4. The van der Waals surface area contributed by atoms with Gasteiger partial charge in [-0.25, -0.2) is 15.0 Å². The van der Waals surface area contributed by atoms with Crippen molar-refractivity contribution in [2.75, 3.05) is 31.8 Å². The van der Waals surface area contributed by atoms with Crippen LogP contribution in [0.4, 0.5) is 5.95 Å². The van der Waals surface area contributed by atoms with Crippen molar-refractivity contribution in [1.29, 1.82) is 0 Å². The van der Waals surface area contributed by atoms with Crippen LogP contribution in [-0.4, -0.2) is 51.4 Å². The number of ether oxygens (including phenoxy) is 2. The van der Waals surface area contributed by atoms with Gasteiger partial charge in [-0.15, -0.1) is 0 Å². The molecule has 0 aliphatic rings. The zero-order valence-electron chi connectivity index (χ0n) is 16.6. The number of methoxy groups -OCH3 is 2. The summed E-state index contributed by atoms with van der Waals surface area (Å²) in [6, 6.07) is 1.69. The molecule has 0 spiro atoms. The number of thioether (sulfide) groups is 1. The van der Waals surface area contributed by atoms with Crippen LogP contribution in [0.1, 0.15) is 22.5 Å². The highest BCUT2D eigenvalue weighted by atomic mass is 32.2. The molecule has 0 saturated carbocycles. The highest BCUT2D eigenvalue weighted by molar-refractivity contribution is 7.98. The van der Waals surface area contributed by atoms with E-state index in [9.17, 15) is 4.79 Å². The quantitative estimate of drug-likeness (QED) is 0.430. The monoisotopic (exact) mass is 416 g/mol. The van der Waals surface area contributed by atoms with Gasteiger partial charge in [0.05, 0.1) is 26.2 Å². The Balaban J connectivity index is 1.53. The zero-order chi connectivity index (χ0) is 20.6. The number of pyridine rings is 1. The van der Waals surface area contributed by atoms with E-state index in [4.69, 9.17) is 9.47 Å².